The van der Waals surface area contributed by atoms with E-state index in [4.69, 9.17) is 14.2 Å². The first-order valence-electron chi connectivity index (χ1n) is 7.01. The zero-order chi connectivity index (χ0) is 15.9. The van der Waals surface area contributed by atoms with Gasteiger partial charge in [0.15, 0.2) is 6.29 Å². The van der Waals surface area contributed by atoms with Crippen LogP contribution in [0.1, 0.15) is 12.8 Å². The van der Waals surface area contributed by atoms with Crippen molar-refractivity contribution in [2.75, 3.05) is 26.1 Å². The van der Waals surface area contributed by atoms with Crippen LogP contribution >= 0.6 is 0 Å². The maximum absolute atomic E-state index is 11.7. The van der Waals surface area contributed by atoms with Crippen LogP contribution in [0.5, 0.6) is 5.75 Å². The quantitative estimate of drug-likeness (QED) is 0.575. The Balaban J connectivity index is 1.86. The zero-order valence-corrected chi connectivity index (χ0v) is 12.6. The molecule has 2 N–H and O–H groups in total. The third kappa shape index (κ3) is 4.44. The van der Waals surface area contributed by atoms with Crippen LogP contribution in [0.2, 0.25) is 0 Å². The van der Waals surface area contributed by atoms with E-state index < -0.39 is 12.3 Å². The highest BCUT2D eigenvalue weighted by atomic mass is 16.7. The summed E-state index contributed by atoms with van der Waals surface area (Å²) in [5.74, 6) is 0.158. The van der Waals surface area contributed by atoms with Crippen molar-refractivity contribution < 1.29 is 23.8 Å². The Kier molecular flexibility index (Phi) is 5.74. The molecule has 0 saturated carbocycles. The van der Waals surface area contributed by atoms with Crippen LogP contribution in [-0.2, 0) is 19.1 Å². The SMILES string of the molecule is COC(COc1ccc(NC2CCC(=O)NC2=O)cc1)OC. The van der Waals surface area contributed by atoms with Gasteiger partial charge in [0.2, 0.25) is 11.8 Å². The van der Waals surface area contributed by atoms with Gasteiger partial charge in [0.1, 0.15) is 18.4 Å². The topological polar surface area (TPSA) is 85.9 Å². The lowest BCUT2D eigenvalue weighted by molar-refractivity contribution is -0.133. The van der Waals surface area contributed by atoms with Crippen molar-refractivity contribution in [3.63, 3.8) is 0 Å². The number of ether oxygens (including phenoxy) is 3. The largest absolute Gasteiger partial charge is 0.488 e. The molecule has 1 aliphatic heterocycles. The van der Waals surface area contributed by atoms with E-state index >= 15 is 0 Å². The van der Waals surface area contributed by atoms with E-state index in [0.717, 1.165) is 5.69 Å². The van der Waals surface area contributed by atoms with Crippen LogP contribution in [0.25, 0.3) is 0 Å². The molecular weight excluding hydrogens is 288 g/mol. The number of imide groups is 1. The lowest BCUT2D eigenvalue weighted by atomic mass is 10.1. The van der Waals surface area contributed by atoms with Gasteiger partial charge in [0, 0.05) is 26.3 Å². The molecule has 120 valence electrons. The van der Waals surface area contributed by atoms with E-state index in [1.165, 1.54) is 0 Å². The summed E-state index contributed by atoms with van der Waals surface area (Å²) >= 11 is 0. The molecule has 0 bridgehead atoms. The molecule has 7 heteroatoms. The second-order valence-electron chi connectivity index (χ2n) is 4.88. The predicted molar refractivity (Wildman–Crippen MR) is 79.5 cm³/mol. The summed E-state index contributed by atoms with van der Waals surface area (Å²) in [6, 6.07) is 6.81. The van der Waals surface area contributed by atoms with Crippen LogP contribution in [0.3, 0.4) is 0 Å². The van der Waals surface area contributed by atoms with E-state index in [9.17, 15) is 9.59 Å². The first kappa shape index (κ1) is 16.3. The molecule has 1 atom stereocenters. The Bertz CT molecular complexity index is 513. The Morgan fingerprint density at radius 3 is 2.50 bits per heavy atom. The fourth-order valence-corrected chi connectivity index (χ4v) is 2.08. The molecule has 1 aromatic rings. The molecule has 0 aliphatic carbocycles. The third-order valence-corrected chi connectivity index (χ3v) is 3.35. The average molecular weight is 308 g/mol. The minimum absolute atomic E-state index is 0.224. The molecule has 0 radical (unpaired) electrons. The molecule has 1 unspecified atom stereocenters. The van der Waals surface area contributed by atoms with E-state index in [1.54, 1.807) is 26.4 Å². The number of carbonyl (C=O) groups excluding carboxylic acids is 2. The second-order valence-corrected chi connectivity index (χ2v) is 4.88. The number of benzene rings is 1. The second kappa shape index (κ2) is 7.77. The van der Waals surface area contributed by atoms with E-state index in [2.05, 4.69) is 10.6 Å². The van der Waals surface area contributed by atoms with Crippen LogP contribution in [-0.4, -0.2) is 45.0 Å². The van der Waals surface area contributed by atoms with Crippen molar-refractivity contribution in [3.8, 4) is 5.75 Å². The summed E-state index contributed by atoms with van der Waals surface area (Å²) in [5.41, 5.74) is 0.789. The third-order valence-electron chi connectivity index (χ3n) is 3.35. The van der Waals surface area contributed by atoms with Crippen LogP contribution < -0.4 is 15.4 Å². The van der Waals surface area contributed by atoms with Gasteiger partial charge in [0.25, 0.3) is 0 Å². The smallest absolute Gasteiger partial charge is 0.249 e. The first-order chi connectivity index (χ1) is 10.6. The predicted octanol–water partition coefficient (Wildman–Crippen LogP) is 0.901. The van der Waals surface area contributed by atoms with Crippen molar-refractivity contribution >= 4 is 17.5 Å². The minimum Gasteiger partial charge on any atom is -0.488 e. The zero-order valence-electron chi connectivity index (χ0n) is 12.6. The summed E-state index contributed by atoms with van der Waals surface area (Å²) in [6.07, 6.45) is 0.424. The highest BCUT2D eigenvalue weighted by Crippen LogP contribution is 2.18. The van der Waals surface area contributed by atoms with Crippen LogP contribution in [0, 0.1) is 0 Å². The minimum atomic E-state index is -0.415. The van der Waals surface area contributed by atoms with Gasteiger partial charge in [-0.25, -0.2) is 0 Å². The maximum Gasteiger partial charge on any atom is 0.249 e. The highest BCUT2D eigenvalue weighted by molar-refractivity contribution is 6.01. The Labute approximate surface area is 128 Å². The monoisotopic (exact) mass is 308 g/mol. The van der Waals surface area contributed by atoms with Gasteiger partial charge in [-0.2, -0.15) is 0 Å². The molecule has 1 heterocycles. The van der Waals surface area contributed by atoms with Gasteiger partial charge in [-0.15, -0.1) is 0 Å². The molecule has 2 rings (SSSR count). The Morgan fingerprint density at radius 2 is 1.91 bits per heavy atom. The Hall–Kier alpha value is -2.12. The molecule has 7 nitrogen and oxygen atoms in total. The number of carbonyl (C=O) groups is 2. The summed E-state index contributed by atoms with van der Waals surface area (Å²) in [6.45, 7) is 0.285. The molecule has 1 aromatic carbocycles. The molecular formula is C15H20N2O5. The summed E-state index contributed by atoms with van der Waals surface area (Å²) < 4.78 is 15.6. The molecule has 1 saturated heterocycles. The van der Waals surface area contributed by atoms with Crippen molar-refractivity contribution in [3.05, 3.63) is 24.3 Å². The lowest BCUT2D eigenvalue weighted by Gasteiger charge is -2.22. The summed E-state index contributed by atoms with van der Waals surface area (Å²) in [4.78, 5) is 22.8. The number of hydrogen-bond acceptors (Lipinski definition) is 6. The molecule has 1 aliphatic rings. The van der Waals surface area contributed by atoms with E-state index in [0.29, 0.717) is 18.6 Å². The van der Waals surface area contributed by atoms with Crippen molar-refractivity contribution in [1.29, 1.82) is 0 Å². The number of amides is 2. The number of methoxy groups -OCH3 is 2. The van der Waals surface area contributed by atoms with Gasteiger partial charge in [0.05, 0.1) is 0 Å². The lowest BCUT2D eigenvalue weighted by Crippen LogP contribution is -2.47. The highest BCUT2D eigenvalue weighted by Gasteiger charge is 2.26. The molecule has 22 heavy (non-hydrogen) atoms. The molecule has 0 aromatic heterocycles. The van der Waals surface area contributed by atoms with Gasteiger partial charge < -0.3 is 19.5 Å². The Morgan fingerprint density at radius 1 is 1.23 bits per heavy atom. The fraction of sp³-hybridized carbons (Fsp3) is 0.467. The number of piperidine rings is 1. The standard InChI is InChI=1S/C15H20N2O5/c1-20-14(21-2)9-22-11-5-3-10(4-6-11)16-12-7-8-13(18)17-15(12)19/h3-6,12,14,16H,7-9H2,1-2H3,(H,17,18,19). The fourth-order valence-electron chi connectivity index (χ4n) is 2.08. The number of rotatable bonds is 7. The maximum atomic E-state index is 11.7. The van der Waals surface area contributed by atoms with E-state index in [-0.39, 0.29) is 18.4 Å². The molecule has 2 amide bonds. The molecule has 0 spiro atoms. The van der Waals surface area contributed by atoms with Gasteiger partial charge in [-0.3, -0.25) is 14.9 Å². The van der Waals surface area contributed by atoms with Gasteiger partial charge in [-0.1, -0.05) is 0 Å². The summed E-state index contributed by atoms with van der Waals surface area (Å²) in [5, 5.41) is 5.41. The van der Waals surface area contributed by atoms with Crippen LogP contribution in [0.15, 0.2) is 24.3 Å². The van der Waals surface area contributed by atoms with Crippen molar-refractivity contribution in [2.24, 2.45) is 0 Å². The van der Waals surface area contributed by atoms with Gasteiger partial charge in [-0.05, 0) is 30.7 Å². The number of nitrogens with one attached hydrogen (secondary N) is 2. The van der Waals surface area contributed by atoms with Crippen LogP contribution in [0.4, 0.5) is 5.69 Å². The first-order valence-corrected chi connectivity index (χ1v) is 7.01. The van der Waals surface area contributed by atoms with Crippen molar-refractivity contribution in [2.45, 2.75) is 25.2 Å². The molecule has 1 fully saturated rings. The van der Waals surface area contributed by atoms with Crippen molar-refractivity contribution in [1.82, 2.24) is 5.32 Å². The van der Waals surface area contributed by atoms with Gasteiger partial charge >= 0.3 is 0 Å². The summed E-state index contributed by atoms with van der Waals surface area (Å²) in [7, 11) is 3.09. The van der Waals surface area contributed by atoms with E-state index in [1.807, 2.05) is 12.1 Å². The average Bonchev–Trinajstić information content (AvgIpc) is 2.52. The number of hydrogen-bond donors (Lipinski definition) is 2. The number of anilines is 1. The normalized spacial score (nSPS) is 18.2.